The van der Waals surface area contributed by atoms with Crippen LogP contribution in [0.5, 0.6) is 0 Å². The quantitative estimate of drug-likeness (QED) is 0.557. The molecule has 2 N–H and O–H groups in total. The highest BCUT2D eigenvalue weighted by molar-refractivity contribution is 6.59. The van der Waals surface area contributed by atoms with Gasteiger partial charge >= 0.3 is 7.12 Å². The van der Waals surface area contributed by atoms with E-state index in [9.17, 15) is 10.0 Å². The van der Waals surface area contributed by atoms with E-state index in [0.29, 0.717) is 5.46 Å². The molecule has 2 nitrogen and oxygen atoms in total. The Bertz CT molecular complexity index is 1010. The van der Waals surface area contributed by atoms with Crippen molar-refractivity contribution in [2.75, 3.05) is 0 Å². The second kappa shape index (κ2) is 5.54. The normalized spacial score (nSPS) is 11.0. The van der Waals surface area contributed by atoms with E-state index in [1.807, 2.05) is 42.5 Å². The number of benzene rings is 4. The lowest BCUT2D eigenvalue weighted by Gasteiger charge is -2.11. The summed E-state index contributed by atoms with van der Waals surface area (Å²) in [6, 6.07) is 26.3. The third-order valence-corrected chi connectivity index (χ3v) is 4.24. The van der Waals surface area contributed by atoms with Crippen molar-refractivity contribution < 1.29 is 10.0 Å². The summed E-state index contributed by atoms with van der Waals surface area (Å²) >= 11 is 0. The highest BCUT2D eigenvalue weighted by Gasteiger charge is 2.15. The molecule has 110 valence electrons. The van der Waals surface area contributed by atoms with Gasteiger partial charge in [0.05, 0.1) is 0 Å². The van der Waals surface area contributed by atoms with Gasteiger partial charge in [0, 0.05) is 0 Å². The fourth-order valence-corrected chi connectivity index (χ4v) is 3.08. The first kappa shape index (κ1) is 14.0. The molecule has 0 saturated heterocycles. The molecule has 0 bridgehead atoms. The molecular weight excluding hydrogens is 283 g/mol. The van der Waals surface area contributed by atoms with Gasteiger partial charge in [-0.15, -0.1) is 0 Å². The average molecular weight is 298 g/mol. The maximum absolute atomic E-state index is 9.58. The Kier molecular flexibility index (Phi) is 3.38. The van der Waals surface area contributed by atoms with Crippen molar-refractivity contribution in [1.82, 2.24) is 0 Å². The molecular formula is C20H15BO2. The average Bonchev–Trinajstić information content (AvgIpc) is 2.60. The summed E-state index contributed by atoms with van der Waals surface area (Å²) in [6.45, 7) is 0. The van der Waals surface area contributed by atoms with E-state index in [-0.39, 0.29) is 0 Å². The highest BCUT2D eigenvalue weighted by atomic mass is 16.4. The zero-order valence-electron chi connectivity index (χ0n) is 12.5. The summed E-state index contributed by atoms with van der Waals surface area (Å²) < 4.78 is 0. The van der Waals surface area contributed by atoms with Crippen LogP contribution in [-0.4, -0.2) is 17.2 Å². The Morgan fingerprint density at radius 1 is 0.609 bits per heavy atom. The van der Waals surface area contributed by atoms with Crippen LogP contribution in [0.4, 0.5) is 0 Å². The summed E-state index contributed by atoms with van der Waals surface area (Å²) in [4.78, 5) is 0. The van der Waals surface area contributed by atoms with Gasteiger partial charge in [0.15, 0.2) is 0 Å². The predicted octanol–water partition coefficient (Wildman–Crippen LogP) is 3.34. The zero-order valence-corrected chi connectivity index (χ0v) is 12.5. The second-order valence-electron chi connectivity index (χ2n) is 5.73. The standard InChI is InChI=1S/C20H15BO2/c22-21(23)18-12-16-7-3-4-8-19(16)20(13-18)17-10-9-14-5-1-2-6-15(14)11-17/h1-13,22-23H. The smallest absolute Gasteiger partial charge is 0.423 e. The molecule has 4 aromatic carbocycles. The Labute approximate surface area is 134 Å². The molecule has 0 aromatic heterocycles. The first-order valence-electron chi connectivity index (χ1n) is 7.60. The molecule has 4 aromatic rings. The first-order valence-corrected chi connectivity index (χ1v) is 7.60. The summed E-state index contributed by atoms with van der Waals surface area (Å²) in [6.07, 6.45) is 0. The van der Waals surface area contributed by atoms with Crippen molar-refractivity contribution in [3.8, 4) is 11.1 Å². The van der Waals surface area contributed by atoms with E-state index in [0.717, 1.165) is 21.9 Å². The highest BCUT2D eigenvalue weighted by Crippen LogP contribution is 2.30. The van der Waals surface area contributed by atoms with E-state index < -0.39 is 7.12 Å². The predicted molar refractivity (Wildman–Crippen MR) is 96.7 cm³/mol. The van der Waals surface area contributed by atoms with Crippen molar-refractivity contribution >= 4 is 34.1 Å². The van der Waals surface area contributed by atoms with E-state index >= 15 is 0 Å². The van der Waals surface area contributed by atoms with Gasteiger partial charge in [-0.1, -0.05) is 72.8 Å². The van der Waals surface area contributed by atoms with Crippen molar-refractivity contribution in [2.24, 2.45) is 0 Å². The van der Waals surface area contributed by atoms with E-state index in [1.54, 1.807) is 0 Å². The van der Waals surface area contributed by atoms with Gasteiger partial charge < -0.3 is 10.0 Å². The summed E-state index contributed by atoms with van der Waals surface area (Å²) in [5.74, 6) is 0. The molecule has 0 radical (unpaired) electrons. The molecule has 0 saturated carbocycles. The minimum atomic E-state index is -1.47. The van der Waals surface area contributed by atoms with Gasteiger partial charge in [0.2, 0.25) is 0 Å². The minimum absolute atomic E-state index is 0.506. The van der Waals surface area contributed by atoms with Crippen LogP contribution >= 0.6 is 0 Å². The molecule has 0 aliphatic heterocycles. The van der Waals surface area contributed by atoms with Crippen LogP contribution in [0.2, 0.25) is 0 Å². The van der Waals surface area contributed by atoms with Gasteiger partial charge in [0.1, 0.15) is 0 Å². The summed E-state index contributed by atoms with van der Waals surface area (Å²) in [5.41, 5.74) is 2.59. The van der Waals surface area contributed by atoms with Crippen molar-refractivity contribution in [1.29, 1.82) is 0 Å². The fourth-order valence-electron chi connectivity index (χ4n) is 3.08. The Morgan fingerprint density at radius 3 is 2.09 bits per heavy atom. The van der Waals surface area contributed by atoms with E-state index in [1.165, 1.54) is 10.8 Å². The van der Waals surface area contributed by atoms with Gasteiger partial charge in [-0.3, -0.25) is 0 Å². The molecule has 4 rings (SSSR count). The molecule has 3 heteroatoms. The van der Waals surface area contributed by atoms with Crippen LogP contribution in [-0.2, 0) is 0 Å². The Hall–Kier alpha value is -2.62. The lowest BCUT2D eigenvalue weighted by atomic mass is 9.77. The van der Waals surface area contributed by atoms with Crippen molar-refractivity contribution in [3.63, 3.8) is 0 Å². The fraction of sp³-hybridized carbons (Fsp3) is 0. The first-order chi connectivity index (χ1) is 11.2. The minimum Gasteiger partial charge on any atom is -0.423 e. The molecule has 0 heterocycles. The lowest BCUT2D eigenvalue weighted by molar-refractivity contribution is 0.426. The van der Waals surface area contributed by atoms with E-state index in [4.69, 9.17) is 0 Å². The van der Waals surface area contributed by atoms with Gasteiger partial charge in [-0.25, -0.2) is 0 Å². The van der Waals surface area contributed by atoms with Crippen LogP contribution < -0.4 is 5.46 Å². The molecule has 0 unspecified atom stereocenters. The van der Waals surface area contributed by atoms with Gasteiger partial charge in [0.25, 0.3) is 0 Å². The lowest BCUT2D eigenvalue weighted by Crippen LogP contribution is -2.29. The maximum Gasteiger partial charge on any atom is 0.488 e. The van der Waals surface area contributed by atoms with E-state index in [2.05, 4.69) is 36.4 Å². The van der Waals surface area contributed by atoms with Crippen LogP contribution in [0, 0.1) is 0 Å². The maximum atomic E-state index is 9.58. The molecule has 23 heavy (non-hydrogen) atoms. The van der Waals surface area contributed by atoms with Crippen LogP contribution in [0.3, 0.4) is 0 Å². The Morgan fingerprint density at radius 2 is 1.30 bits per heavy atom. The SMILES string of the molecule is OB(O)c1cc(-c2ccc3ccccc3c2)c2ccccc2c1. The molecule has 0 amide bonds. The third kappa shape index (κ3) is 2.50. The molecule has 0 atom stereocenters. The molecule has 0 spiro atoms. The monoisotopic (exact) mass is 298 g/mol. The summed E-state index contributed by atoms with van der Waals surface area (Å²) in [5, 5.41) is 23.6. The number of hydrogen-bond acceptors (Lipinski definition) is 2. The topological polar surface area (TPSA) is 40.5 Å². The molecule has 0 aliphatic rings. The Balaban J connectivity index is 2.02. The van der Waals surface area contributed by atoms with Gasteiger partial charge in [-0.05, 0) is 44.2 Å². The largest absolute Gasteiger partial charge is 0.488 e. The van der Waals surface area contributed by atoms with Crippen molar-refractivity contribution in [3.05, 3.63) is 78.9 Å². The number of fused-ring (bicyclic) bond motifs is 2. The number of rotatable bonds is 2. The van der Waals surface area contributed by atoms with Crippen LogP contribution in [0.15, 0.2) is 78.9 Å². The van der Waals surface area contributed by atoms with Crippen LogP contribution in [0.25, 0.3) is 32.7 Å². The number of hydrogen-bond donors (Lipinski definition) is 2. The molecule has 0 aliphatic carbocycles. The van der Waals surface area contributed by atoms with Crippen LogP contribution in [0.1, 0.15) is 0 Å². The molecule has 0 fully saturated rings. The zero-order chi connectivity index (χ0) is 15.8. The van der Waals surface area contributed by atoms with Crippen molar-refractivity contribution in [2.45, 2.75) is 0 Å². The second-order valence-corrected chi connectivity index (χ2v) is 5.73. The summed E-state index contributed by atoms with van der Waals surface area (Å²) in [7, 11) is -1.47. The van der Waals surface area contributed by atoms with Gasteiger partial charge in [-0.2, -0.15) is 0 Å². The third-order valence-electron chi connectivity index (χ3n) is 4.24.